The van der Waals surface area contributed by atoms with E-state index in [1.807, 2.05) is 24.3 Å². The van der Waals surface area contributed by atoms with Crippen LogP contribution in [0.5, 0.6) is 0 Å². The van der Waals surface area contributed by atoms with Crippen molar-refractivity contribution in [1.82, 2.24) is 9.97 Å². The first-order chi connectivity index (χ1) is 7.79. The number of rotatable bonds is 4. The lowest BCUT2D eigenvalue weighted by Gasteiger charge is -1.97. The molecule has 0 saturated heterocycles. The van der Waals surface area contributed by atoms with E-state index in [1.54, 1.807) is 6.20 Å². The van der Waals surface area contributed by atoms with E-state index in [2.05, 4.69) is 9.97 Å². The predicted molar refractivity (Wildman–Crippen MR) is 66.8 cm³/mol. The predicted octanol–water partition coefficient (Wildman–Crippen LogP) is 2.81. The number of H-pyrrole nitrogens is 1. The molecule has 3 nitrogen and oxygen atoms in total. The summed E-state index contributed by atoms with van der Waals surface area (Å²) in [5, 5.41) is 10.2. The fraction of sp³-hybridized carbons (Fsp3) is 0.182. The van der Waals surface area contributed by atoms with Crippen LogP contribution in [-0.2, 0) is 0 Å². The number of aliphatic hydroxyl groups excluding tert-OH is 1. The molecule has 0 aliphatic heterocycles. The first kappa shape index (κ1) is 11.5. The lowest BCUT2D eigenvalue weighted by Crippen LogP contribution is -1.86. The largest absolute Gasteiger partial charge is 0.396 e. The number of nitrogens with zero attached hydrogens (tertiary/aromatic N) is 1. The number of aromatic nitrogens is 2. The van der Waals surface area contributed by atoms with Crippen LogP contribution < -0.4 is 0 Å². The quantitative estimate of drug-likeness (QED) is 0.825. The maximum atomic E-state index is 8.70. The smallest absolute Gasteiger partial charge is 0.165 e. The van der Waals surface area contributed by atoms with Gasteiger partial charge >= 0.3 is 0 Å². The summed E-state index contributed by atoms with van der Waals surface area (Å²) < 4.78 is 0. The minimum absolute atomic E-state index is 0.154. The number of imidazole rings is 1. The summed E-state index contributed by atoms with van der Waals surface area (Å²) in [5.41, 5.74) is 2.00. The van der Waals surface area contributed by atoms with Crippen molar-refractivity contribution in [3.8, 4) is 11.3 Å². The molecule has 0 spiro atoms. The van der Waals surface area contributed by atoms with Gasteiger partial charge in [-0.25, -0.2) is 4.98 Å². The monoisotopic (exact) mass is 254 g/mol. The Morgan fingerprint density at radius 1 is 1.31 bits per heavy atom. The fourth-order valence-corrected chi connectivity index (χ4v) is 2.01. The van der Waals surface area contributed by atoms with Crippen molar-refractivity contribution in [2.24, 2.45) is 0 Å². The highest BCUT2D eigenvalue weighted by molar-refractivity contribution is 7.99. The first-order valence-corrected chi connectivity index (χ1v) is 6.20. The van der Waals surface area contributed by atoms with Gasteiger partial charge in [-0.1, -0.05) is 35.5 Å². The summed E-state index contributed by atoms with van der Waals surface area (Å²) in [6, 6.07) is 7.57. The molecule has 0 radical (unpaired) electrons. The van der Waals surface area contributed by atoms with E-state index in [9.17, 15) is 0 Å². The molecule has 1 aromatic heterocycles. The third kappa shape index (κ3) is 2.78. The molecule has 0 fully saturated rings. The minimum atomic E-state index is 0.154. The van der Waals surface area contributed by atoms with Crippen LogP contribution in [0, 0.1) is 0 Å². The zero-order valence-corrected chi connectivity index (χ0v) is 10.1. The van der Waals surface area contributed by atoms with Gasteiger partial charge in [-0.3, -0.25) is 0 Å². The number of aliphatic hydroxyl groups is 1. The normalized spacial score (nSPS) is 10.6. The molecule has 0 aliphatic carbocycles. The third-order valence-corrected chi connectivity index (χ3v) is 3.16. The Bertz CT molecular complexity index is 455. The second-order valence-electron chi connectivity index (χ2n) is 3.18. The minimum Gasteiger partial charge on any atom is -0.396 e. The van der Waals surface area contributed by atoms with Gasteiger partial charge in [0.25, 0.3) is 0 Å². The van der Waals surface area contributed by atoms with E-state index < -0.39 is 0 Å². The summed E-state index contributed by atoms with van der Waals surface area (Å²) >= 11 is 7.31. The van der Waals surface area contributed by atoms with Gasteiger partial charge in [0.2, 0.25) is 0 Å². The summed E-state index contributed by atoms with van der Waals surface area (Å²) in [4.78, 5) is 7.40. The van der Waals surface area contributed by atoms with Crippen LogP contribution in [0.25, 0.3) is 11.3 Å². The zero-order chi connectivity index (χ0) is 11.4. The second-order valence-corrected chi connectivity index (χ2v) is 4.70. The van der Waals surface area contributed by atoms with Crippen LogP contribution in [0.3, 0.4) is 0 Å². The zero-order valence-electron chi connectivity index (χ0n) is 8.48. The Morgan fingerprint density at radius 3 is 2.75 bits per heavy atom. The molecule has 16 heavy (non-hydrogen) atoms. The van der Waals surface area contributed by atoms with Crippen LogP contribution in [0.2, 0.25) is 5.02 Å². The van der Waals surface area contributed by atoms with Crippen LogP contribution >= 0.6 is 23.4 Å². The van der Waals surface area contributed by atoms with Gasteiger partial charge in [-0.05, 0) is 17.7 Å². The van der Waals surface area contributed by atoms with Gasteiger partial charge in [-0.2, -0.15) is 0 Å². The number of aromatic amines is 1. The second kappa shape index (κ2) is 5.39. The number of nitrogens with one attached hydrogen (secondary N) is 1. The van der Waals surface area contributed by atoms with Crippen molar-refractivity contribution < 1.29 is 5.11 Å². The number of hydrogen-bond acceptors (Lipinski definition) is 3. The summed E-state index contributed by atoms with van der Waals surface area (Å²) in [6.45, 7) is 0.154. The van der Waals surface area contributed by atoms with E-state index >= 15 is 0 Å². The van der Waals surface area contributed by atoms with Crippen LogP contribution in [0.15, 0.2) is 35.6 Å². The molecule has 2 N–H and O–H groups in total. The van der Waals surface area contributed by atoms with Crippen molar-refractivity contribution in [2.45, 2.75) is 5.16 Å². The van der Waals surface area contributed by atoms with Crippen molar-refractivity contribution in [1.29, 1.82) is 0 Å². The molecule has 2 aromatic rings. The van der Waals surface area contributed by atoms with Gasteiger partial charge in [0.15, 0.2) is 5.16 Å². The Morgan fingerprint density at radius 2 is 2.06 bits per heavy atom. The summed E-state index contributed by atoms with van der Waals surface area (Å²) in [6.07, 6.45) is 1.78. The molecule has 0 bridgehead atoms. The van der Waals surface area contributed by atoms with E-state index in [0.717, 1.165) is 21.4 Å². The van der Waals surface area contributed by atoms with Crippen molar-refractivity contribution in [2.75, 3.05) is 12.4 Å². The molecule has 0 amide bonds. The molecule has 0 aliphatic rings. The van der Waals surface area contributed by atoms with Crippen molar-refractivity contribution >= 4 is 23.4 Å². The van der Waals surface area contributed by atoms with Crippen molar-refractivity contribution in [3.63, 3.8) is 0 Å². The molecule has 5 heteroatoms. The van der Waals surface area contributed by atoms with Crippen LogP contribution in [0.4, 0.5) is 0 Å². The Labute approximate surface area is 103 Å². The van der Waals surface area contributed by atoms with Crippen LogP contribution in [0.1, 0.15) is 0 Å². The Kier molecular flexibility index (Phi) is 3.88. The van der Waals surface area contributed by atoms with Gasteiger partial charge in [0.05, 0.1) is 18.5 Å². The summed E-state index contributed by atoms with van der Waals surface area (Å²) in [5.74, 6) is 0.646. The average molecular weight is 255 g/mol. The molecule has 1 heterocycles. The first-order valence-electron chi connectivity index (χ1n) is 4.84. The van der Waals surface area contributed by atoms with Gasteiger partial charge in [0.1, 0.15) is 0 Å². The number of thioether (sulfide) groups is 1. The average Bonchev–Trinajstić information content (AvgIpc) is 2.76. The Hall–Kier alpha value is -0.970. The molecule has 0 saturated carbocycles. The third-order valence-electron chi connectivity index (χ3n) is 2.04. The fourth-order valence-electron chi connectivity index (χ4n) is 1.29. The molecular formula is C11H11ClN2OS. The molecule has 2 rings (SSSR count). The van der Waals surface area contributed by atoms with E-state index in [0.29, 0.717) is 5.75 Å². The van der Waals surface area contributed by atoms with Crippen LogP contribution in [-0.4, -0.2) is 27.4 Å². The number of hydrogen-bond donors (Lipinski definition) is 2. The lowest BCUT2D eigenvalue weighted by molar-refractivity contribution is 0.322. The highest BCUT2D eigenvalue weighted by Crippen LogP contribution is 2.22. The number of benzene rings is 1. The highest BCUT2D eigenvalue weighted by Gasteiger charge is 2.03. The van der Waals surface area contributed by atoms with Gasteiger partial charge in [0, 0.05) is 10.8 Å². The van der Waals surface area contributed by atoms with Crippen molar-refractivity contribution in [3.05, 3.63) is 35.5 Å². The standard InChI is InChI=1S/C11H11ClN2OS/c12-9-3-1-8(2-4-9)10-7-13-11(14-10)16-6-5-15/h1-4,7,15H,5-6H2,(H,13,14). The molecule has 0 atom stereocenters. The van der Waals surface area contributed by atoms with E-state index in [4.69, 9.17) is 16.7 Å². The molecule has 0 unspecified atom stereocenters. The molecule has 1 aromatic carbocycles. The molecular weight excluding hydrogens is 244 g/mol. The summed E-state index contributed by atoms with van der Waals surface area (Å²) in [7, 11) is 0. The lowest BCUT2D eigenvalue weighted by atomic mass is 10.2. The maximum absolute atomic E-state index is 8.70. The topological polar surface area (TPSA) is 48.9 Å². The number of halogens is 1. The highest BCUT2D eigenvalue weighted by atomic mass is 35.5. The molecule has 84 valence electrons. The SMILES string of the molecule is OCCSc1ncc(-c2ccc(Cl)cc2)[nH]1. The van der Waals surface area contributed by atoms with Gasteiger partial charge in [-0.15, -0.1) is 0 Å². The van der Waals surface area contributed by atoms with E-state index in [-0.39, 0.29) is 6.61 Å². The Balaban J connectivity index is 2.15. The maximum Gasteiger partial charge on any atom is 0.165 e. The van der Waals surface area contributed by atoms with E-state index in [1.165, 1.54) is 11.8 Å². The van der Waals surface area contributed by atoms with Gasteiger partial charge < -0.3 is 10.1 Å².